The highest BCUT2D eigenvalue weighted by molar-refractivity contribution is 7.26. The van der Waals surface area contributed by atoms with Crippen molar-refractivity contribution in [2.45, 2.75) is 0 Å². The highest BCUT2D eigenvalue weighted by Gasteiger charge is 2.21. The van der Waals surface area contributed by atoms with E-state index in [1.165, 1.54) is 15.5 Å². The molecule has 0 aliphatic rings. The fraction of sp³-hybridized carbons (Fsp3) is 0. The first kappa shape index (κ1) is 28.6. The number of hydrogen-bond donors (Lipinski definition) is 0. The number of benzene rings is 7. The SMILES string of the molecule is c1ccc(-c2ccccc2-c2nc(-c3ccccc3-c3cccc4c3oc3ccccc34)nc(-c3cccc4c3sc3ccccc34)n2)cc1. The summed E-state index contributed by atoms with van der Waals surface area (Å²) in [7, 11) is 0. The Morgan fingerprint density at radius 1 is 0.360 bits per heavy atom. The van der Waals surface area contributed by atoms with Crippen LogP contribution in [-0.4, -0.2) is 15.0 Å². The molecule has 4 nitrogen and oxygen atoms in total. The first-order chi connectivity index (χ1) is 24.8. The smallest absolute Gasteiger partial charge is 0.165 e. The van der Waals surface area contributed by atoms with Crippen molar-refractivity contribution < 1.29 is 4.42 Å². The van der Waals surface area contributed by atoms with Gasteiger partial charge in [-0.2, -0.15) is 0 Å². The summed E-state index contributed by atoms with van der Waals surface area (Å²) in [5, 5.41) is 4.62. The third-order valence-electron chi connectivity index (χ3n) is 9.40. The first-order valence-electron chi connectivity index (χ1n) is 16.6. The van der Waals surface area contributed by atoms with Gasteiger partial charge in [0.15, 0.2) is 17.5 Å². The molecule has 0 N–H and O–H groups in total. The zero-order valence-electron chi connectivity index (χ0n) is 26.7. The summed E-state index contributed by atoms with van der Waals surface area (Å²) in [6.45, 7) is 0. The van der Waals surface area contributed by atoms with Crippen molar-refractivity contribution in [3.8, 4) is 56.4 Å². The fourth-order valence-electron chi connectivity index (χ4n) is 7.08. The Hall–Kier alpha value is -6.43. The average molecular weight is 658 g/mol. The maximum atomic E-state index is 6.50. The molecule has 50 heavy (non-hydrogen) atoms. The lowest BCUT2D eigenvalue weighted by atomic mass is 9.96. The van der Waals surface area contributed by atoms with Gasteiger partial charge in [0.05, 0.1) is 0 Å². The molecule has 0 saturated heterocycles. The number of rotatable bonds is 5. The standard InChI is InChI=1S/C45H27N3OS/c1-2-14-28(15-3-1)29-16-4-6-20-36(29)43-46-44(48-45(47-43)38-25-13-24-35-32-19-9-11-27-40(32)50-42(35)38)37-21-7-5-17-30(37)33-22-12-23-34-31-18-8-10-26-39(31)49-41(33)34/h1-27H. The van der Waals surface area contributed by atoms with Gasteiger partial charge in [0, 0.05) is 53.2 Å². The fourth-order valence-corrected chi connectivity index (χ4v) is 8.29. The van der Waals surface area contributed by atoms with E-state index in [4.69, 9.17) is 19.4 Å². The number of nitrogens with zero attached hydrogens (tertiary/aromatic N) is 3. The third-order valence-corrected chi connectivity index (χ3v) is 10.6. The summed E-state index contributed by atoms with van der Waals surface area (Å²) in [5.41, 5.74) is 8.72. The monoisotopic (exact) mass is 657 g/mol. The van der Waals surface area contributed by atoms with Crippen molar-refractivity contribution in [3.63, 3.8) is 0 Å². The zero-order valence-corrected chi connectivity index (χ0v) is 27.6. The Balaban J connectivity index is 1.25. The lowest BCUT2D eigenvalue weighted by Crippen LogP contribution is -2.02. The predicted molar refractivity (Wildman–Crippen MR) is 207 cm³/mol. The van der Waals surface area contributed by atoms with Crippen molar-refractivity contribution in [1.82, 2.24) is 15.0 Å². The van der Waals surface area contributed by atoms with Crippen LogP contribution in [0.15, 0.2) is 168 Å². The van der Waals surface area contributed by atoms with Crippen molar-refractivity contribution in [2.24, 2.45) is 0 Å². The van der Waals surface area contributed by atoms with Crippen LogP contribution in [0, 0.1) is 0 Å². The van der Waals surface area contributed by atoms with Crippen LogP contribution >= 0.6 is 11.3 Å². The summed E-state index contributed by atoms with van der Waals surface area (Å²) in [4.78, 5) is 15.8. The molecule has 3 aromatic heterocycles. The number of thiophene rings is 1. The third kappa shape index (κ3) is 4.63. The second-order valence-electron chi connectivity index (χ2n) is 12.3. The topological polar surface area (TPSA) is 51.8 Å². The number of furan rings is 1. The largest absolute Gasteiger partial charge is 0.455 e. The summed E-state index contributed by atoms with van der Waals surface area (Å²) < 4.78 is 8.90. The quantitative estimate of drug-likeness (QED) is 0.185. The van der Waals surface area contributed by atoms with Gasteiger partial charge in [0.1, 0.15) is 11.2 Å². The molecule has 0 unspecified atom stereocenters. The van der Waals surface area contributed by atoms with Crippen LogP contribution in [0.2, 0.25) is 0 Å². The molecule has 7 aromatic carbocycles. The lowest BCUT2D eigenvalue weighted by Gasteiger charge is -2.14. The molecule has 0 aliphatic heterocycles. The van der Waals surface area contributed by atoms with Gasteiger partial charge >= 0.3 is 0 Å². The minimum Gasteiger partial charge on any atom is -0.455 e. The molecule has 10 aromatic rings. The van der Waals surface area contributed by atoms with Crippen LogP contribution in [0.5, 0.6) is 0 Å². The van der Waals surface area contributed by atoms with Crippen molar-refractivity contribution in [2.75, 3.05) is 0 Å². The molecule has 10 rings (SSSR count). The molecule has 0 saturated carbocycles. The Morgan fingerprint density at radius 3 is 1.66 bits per heavy atom. The van der Waals surface area contributed by atoms with Crippen molar-refractivity contribution in [1.29, 1.82) is 0 Å². The van der Waals surface area contributed by atoms with E-state index in [2.05, 4.69) is 133 Å². The van der Waals surface area contributed by atoms with Crippen molar-refractivity contribution >= 4 is 53.4 Å². The Morgan fingerprint density at radius 2 is 0.880 bits per heavy atom. The summed E-state index contributed by atoms with van der Waals surface area (Å²) in [6, 6.07) is 56.6. The number of para-hydroxylation sites is 2. The van der Waals surface area contributed by atoms with E-state index < -0.39 is 0 Å². The maximum absolute atomic E-state index is 6.50. The predicted octanol–water partition coefficient (Wildman–Crippen LogP) is 12.5. The lowest BCUT2D eigenvalue weighted by molar-refractivity contribution is 0.670. The van der Waals surface area contributed by atoms with Crippen molar-refractivity contribution in [3.05, 3.63) is 164 Å². The van der Waals surface area contributed by atoms with Gasteiger partial charge in [-0.15, -0.1) is 11.3 Å². The van der Waals surface area contributed by atoms with E-state index in [1.54, 1.807) is 11.3 Å². The van der Waals surface area contributed by atoms with Gasteiger partial charge in [-0.25, -0.2) is 15.0 Å². The molecule has 0 radical (unpaired) electrons. The van der Waals surface area contributed by atoms with Gasteiger partial charge in [-0.05, 0) is 34.9 Å². The van der Waals surface area contributed by atoms with Gasteiger partial charge in [0.2, 0.25) is 0 Å². The van der Waals surface area contributed by atoms with Crippen LogP contribution in [0.3, 0.4) is 0 Å². The average Bonchev–Trinajstić information content (AvgIpc) is 3.77. The summed E-state index contributed by atoms with van der Waals surface area (Å²) in [5.74, 6) is 1.87. The highest BCUT2D eigenvalue weighted by atomic mass is 32.1. The second kappa shape index (κ2) is 11.6. The van der Waals surface area contributed by atoms with E-state index in [1.807, 2.05) is 30.3 Å². The Bertz CT molecular complexity index is 2890. The minimum atomic E-state index is 0.606. The first-order valence-corrected chi connectivity index (χ1v) is 17.4. The minimum absolute atomic E-state index is 0.606. The molecule has 3 heterocycles. The van der Waals surface area contributed by atoms with E-state index in [0.717, 1.165) is 65.6 Å². The molecule has 5 heteroatoms. The van der Waals surface area contributed by atoms with Crippen LogP contribution in [0.25, 0.3) is 98.5 Å². The molecule has 0 amide bonds. The molecule has 0 bridgehead atoms. The normalized spacial score (nSPS) is 11.6. The number of aromatic nitrogens is 3. The van der Waals surface area contributed by atoms with Gasteiger partial charge in [0.25, 0.3) is 0 Å². The number of hydrogen-bond acceptors (Lipinski definition) is 5. The van der Waals surface area contributed by atoms with Gasteiger partial charge < -0.3 is 4.42 Å². The Kier molecular flexibility index (Phi) is 6.64. The second-order valence-corrected chi connectivity index (χ2v) is 13.4. The van der Waals surface area contributed by atoms with E-state index in [9.17, 15) is 0 Å². The molecule has 0 fully saturated rings. The van der Waals surface area contributed by atoms with Crippen LogP contribution in [-0.2, 0) is 0 Å². The van der Waals surface area contributed by atoms with Crippen LogP contribution in [0.1, 0.15) is 0 Å². The van der Waals surface area contributed by atoms with Gasteiger partial charge in [-0.1, -0.05) is 146 Å². The zero-order chi connectivity index (χ0) is 33.0. The van der Waals surface area contributed by atoms with E-state index in [0.29, 0.717) is 17.5 Å². The van der Waals surface area contributed by atoms with Gasteiger partial charge in [-0.3, -0.25) is 0 Å². The van der Waals surface area contributed by atoms with Crippen LogP contribution in [0.4, 0.5) is 0 Å². The molecule has 0 atom stereocenters. The number of fused-ring (bicyclic) bond motifs is 6. The van der Waals surface area contributed by atoms with Crippen LogP contribution < -0.4 is 0 Å². The summed E-state index contributed by atoms with van der Waals surface area (Å²) >= 11 is 1.78. The maximum Gasteiger partial charge on any atom is 0.165 e. The molecule has 234 valence electrons. The molecular weight excluding hydrogens is 631 g/mol. The summed E-state index contributed by atoms with van der Waals surface area (Å²) in [6.07, 6.45) is 0. The molecule has 0 spiro atoms. The van der Waals surface area contributed by atoms with E-state index in [-0.39, 0.29) is 0 Å². The Labute approximate surface area is 292 Å². The highest BCUT2D eigenvalue weighted by Crippen LogP contribution is 2.42. The van der Waals surface area contributed by atoms with E-state index >= 15 is 0 Å². The molecular formula is C45H27N3OS. The molecule has 0 aliphatic carbocycles.